The summed E-state index contributed by atoms with van der Waals surface area (Å²) in [5, 5.41) is 4.21. The third-order valence-corrected chi connectivity index (χ3v) is 9.74. The van der Waals surface area contributed by atoms with Crippen molar-refractivity contribution in [2.24, 2.45) is 0 Å². The zero-order valence-electron chi connectivity index (χ0n) is 25.2. The highest BCUT2D eigenvalue weighted by molar-refractivity contribution is 7.98. The van der Waals surface area contributed by atoms with Crippen LogP contribution >= 0.6 is 35.0 Å². The lowest BCUT2D eigenvalue weighted by atomic mass is 9.79. The van der Waals surface area contributed by atoms with Crippen LogP contribution in [-0.4, -0.2) is 60.7 Å². The van der Waals surface area contributed by atoms with Crippen molar-refractivity contribution in [1.82, 2.24) is 15.3 Å². The van der Waals surface area contributed by atoms with E-state index in [0.29, 0.717) is 21.6 Å². The maximum atomic E-state index is 15.3. The molecular weight excluding hydrogens is 625 g/mol. The maximum Gasteiger partial charge on any atom is 0.251 e. The molecule has 5 rings (SSSR count). The molecule has 0 bridgehead atoms. The Bertz CT molecular complexity index is 1670. The van der Waals surface area contributed by atoms with E-state index < -0.39 is 11.2 Å². The zero-order valence-corrected chi connectivity index (χ0v) is 27.6. The summed E-state index contributed by atoms with van der Waals surface area (Å²) in [4.78, 5) is 21.1. The van der Waals surface area contributed by atoms with Gasteiger partial charge in [-0.05, 0) is 54.1 Å². The fourth-order valence-corrected chi connectivity index (χ4v) is 7.02. The summed E-state index contributed by atoms with van der Waals surface area (Å²) in [6.07, 6.45) is 0.872. The van der Waals surface area contributed by atoms with Crippen LogP contribution in [0.15, 0.2) is 59.8 Å². The number of likely N-dealkylation sites (N-methyl/N-ethyl adjacent to an activating group) is 1. The van der Waals surface area contributed by atoms with Gasteiger partial charge in [0, 0.05) is 39.3 Å². The molecule has 0 saturated carbocycles. The van der Waals surface area contributed by atoms with Gasteiger partial charge in [-0.15, -0.1) is 0 Å². The Kier molecular flexibility index (Phi) is 9.33. The SMILES string of the molecule is COc1cc(C(C)(C)c2[nH]c(SCc3c(F)cc(C(=O)N[C@H]4CC[N+](C)(C)C4)cc3Cl)nc2-c2ccc(F)cc2)ccc1Cl. The lowest BCUT2D eigenvalue weighted by Crippen LogP contribution is -2.42. The topological polar surface area (TPSA) is 67.0 Å². The van der Waals surface area contributed by atoms with Crippen molar-refractivity contribution in [3.63, 3.8) is 0 Å². The Morgan fingerprint density at radius 3 is 2.48 bits per heavy atom. The number of halogens is 4. The van der Waals surface area contributed by atoms with E-state index in [1.54, 1.807) is 25.3 Å². The van der Waals surface area contributed by atoms with Gasteiger partial charge in [0.2, 0.25) is 0 Å². The number of hydrogen-bond acceptors (Lipinski definition) is 4. The number of nitrogens with one attached hydrogen (secondary N) is 2. The highest BCUT2D eigenvalue weighted by atomic mass is 35.5. The summed E-state index contributed by atoms with van der Waals surface area (Å²) in [7, 11) is 5.80. The third kappa shape index (κ3) is 6.91. The molecule has 11 heteroatoms. The summed E-state index contributed by atoms with van der Waals surface area (Å²) >= 11 is 14.1. The first-order valence-corrected chi connectivity index (χ1v) is 16.0. The van der Waals surface area contributed by atoms with E-state index in [2.05, 4.69) is 24.4 Å². The second-order valence-electron chi connectivity index (χ2n) is 12.3. The van der Waals surface area contributed by atoms with Crippen molar-refractivity contribution < 1.29 is 22.8 Å². The number of thioether (sulfide) groups is 1. The number of quaternary nitrogens is 1. The molecule has 2 heterocycles. The van der Waals surface area contributed by atoms with Gasteiger partial charge in [0.1, 0.15) is 17.4 Å². The number of aromatic nitrogens is 2. The number of hydrogen-bond donors (Lipinski definition) is 2. The standard InChI is InChI=1S/C33H34Cl2F2N4O2S/c1-33(2,21-8-11-25(34)28(16-21)43-5)30-29(19-6-9-22(36)10-7-19)39-32(40-30)44-18-24-26(35)14-20(15-27(24)37)31(42)38-23-12-13-41(3,4)17-23/h6-11,14-16,23H,12-13,17-18H2,1-5H3,(H-,38,39,40,42)/p+1/t23-/m0/s1. The van der Waals surface area contributed by atoms with Gasteiger partial charge in [0.05, 0.1) is 56.7 Å². The fraction of sp³-hybridized carbons (Fsp3) is 0.333. The van der Waals surface area contributed by atoms with E-state index >= 15 is 4.39 Å². The van der Waals surface area contributed by atoms with Crippen molar-refractivity contribution in [1.29, 1.82) is 0 Å². The summed E-state index contributed by atoms with van der Waals surface area (Å²) in [6.45, 7) is 5.87. The van der Waals surface area contributed by atoms with Crippen LogP contribution in [0.2, 0.25) is 10.0 Å². The number of carbonyl (C=O) groups is 1. The van der Waals surface area contributed by atoms with Crippen molar-refractivity contribution in [3.05, 3.63) is 98.7 Å². The van der Waals surface area contributed by atoms with Crippen LogP contribution in [-0.2, 0) is 11.2 Å². The number of likely N-dealkylation sites (tertiary alicyclic amines) is 1. The van der Waals surface area contributed by atoms with Gasteiger partial charge in [0.15, 0.2) is 5.16 Å². The fourth-order valence-electron chi connectivity index (χ4n) is 5.57. The minimum Gasteiger partial charge on any atom is -0.495 e. The molecule has 0 radical (unpaired) electrons. The number of rotatable bonds is 9. The zero-order chi connectivity index (χ0) is 31.8. The smallest absolute Gasteiger partial charge is 0.251 e. The molecule has 1 amide bonds. The second kappa shape index (κ2) is 12.7. The number of ether oxygens (including phenoxy) is 1. The Hall–Kier alpha value is -3.11. The highest BCUT2D eigenvalue weighted by Crippen LogP contribution is 2.41. The summed E-state index contributed by atoms with van der Waals surface area (Å²) in [6, 6.07) is 14.5. The predicted molar refractivity (Wildman–Crippen MR) is 173 cm³/mol. The molecule has 1 aliphatic rings. The number of methoxy groups -OCH3 is 1. The molecule has 1 aromatic heterocycles. The van der Waals surface area contributed by atoms with Gasteiger partial charge in [-0.3, -0.25) is 4.79 Å². The third-order valence-electron chi connectivity index (χ3n) is 8.19. The molecule has 1 aliphatic heterocycles. The molecule has 1 saturated heterocycles. The molecule has 232 valence electrons. The lowest BCUT2D eigenvalue weighted by Gasteiger charge is -2.26. The van der Waals surface area contributed by atoms with Crippen LogP contribution in [0.25, 0.3) is 11.3 Å². The number of benzene rings is 3. The minimum atomic E-state index is -0.598. The van der Waals surface area contributed by atoms with Gasteiger partial charge in [-0.1, -0.05) is 54.9 Å². The molecular formula is C33H35Cl2F2N4O2S+. The Morgan fingerprint density at radius 1 is 1.11 bits per heavy atom. The minimum absolute atomic E-state index is 0.0382. The number of amides is 1. The van der Waals surface area contributed by atoms with Gasteiger partial charge in [-0.25, -0.2) is 13.8 Å². The van der Waals surface area contributed by atoms with Crippen LogP contribution in [0.1, 0.15) is 47.4 Å². The number of imidazole rings is 1. The average molecular weight is 661 g/mol. The van der Waals surface area contributed by atoms with E-state index in [-0.39, 0.29) is 39.7 Å². The quantitative estimate of drug-likeness (QED) is 0.142. The van der Waals surface area contributed by atoms with Crippen molar-refractivity contribution in [3.8, 4) is 17.0 Å². The largest absolute Gasteiger partial charge is 0.495 e. The van der Waals surface area contributed by atoms with E-state index in [1.165, 1.54) is 36.0 Å². The summed E-state index contributed by atoms with van der Waals surface area (Å²) < 4.78 is 35.4. The Morgan fingerprint density at radius 2 is 1.84 bits per heavy atom. The van der Waals surface area contributed by atoms with Crippen LogP contribution < -0.4 is 10.1 Å². The van der Waals surface area contributed by atoms with E-state index in [0.717, 1.165) is 40.8 Å². The molecule has 0 spiro atoms. The first-order chi connectivity index (χ1) is 20.8. The van der Waals surface area contributed by atoms with Crippen LogP contribution in [0.3, 0.4) is 0 Å². The molecule has 1 atom stereocenters. The van der Waals surface area contributed by atoms with E-state index in [9.17, 15) is 9.18 Å². The maximum absolute atomic E-state index is 15.3. The van der Waals surface area contributed by atoms with Crippen LogP contribution in [0.5, 0.6) is 5.75 Å². The lowest BCUT2D eigenvalue weighted by molar-refractivity contribution is -0.878. The normalized spacial score (nSPS) is 16.2. The molecule has 4 aromatic rings. The number of nitrogens with zero attached hydrogens (tertiary/aromatic N) is 2. The number of H-pyrrole nitrogens is 1. The molecule has 0 aliphatic carbocycles. The van der Waals surface area contributed by atoms with Gasteiger partial charge >= 0.3 is 0 Å². The van der Waals surface area contributed by atoms with Gasteiger partial charge < -0.3 is 19.5 Å². The molecule has 44 heavy (non-hydrogen) atoms. The predicted octanol–water partition coefficient (Wildman–Crippen LogP) is 7.87. The monoisotopic (exact) mass is 659 g/mol. The molecule has 0 unspecified atom stereocenters. The molecule has 1 fully saturated rings. The van der Waals surface area contributed by atoms with Gasteiger partial charge in [-0.2, -0.15) is 0 Å². The summed E-state index contributed by atoms with van der Waals surface area (Å²) in [5.74, 6) is -0.528. The van der Waals surface area contributed by atoms with Gasteiger partial charge in [0.25, 0.3) is 5.91 Å². The van der Waals surface area contributed by atoms with Crippen LogP contribution in [0.4, 0.5) is 8.78 Å². The first kappa shape index (κ1) is 32.3. The average Bonchev–Trinajstić information content (AvgIpc) is 3.56. The number of aromatic amines is 1. The van der Waals surface area contributed by atoms with Crippen molar-refractivity contribution >= 4 is 40.9 Å². The first-order valence-electron chi connectivity index (χ1n) is 14.2. The second-order valence-corrected chi connectivity index (χ2v) is 14.0. The number of carbonyl (C=O) groups excluding carboxylic acids is 1. The molecule has 6 nitrogen and oxygen atoms in total. The molecule has 3 aromatic carbocycles. The van der Waals surface area contributed by atoms with Crippen molar-refractivity contribution in [2.75, 3.05) is 34.3 Å². The highest BCUT2D eigenvalue weighted by Gasteiger charge is 2.33. The molecule has 2 N–H and O–H groups in total. The Balaban J connectivity index is 1.41. The van der Waals surface area contributed by atoms with Crippen LogP contribution in [0, 0.1) is 11.6 Å². The van der Waals surface area contributed by atoms with E-state index in [1.807, 2.05) is 26.0 Å². The van der Waals surface area contributed by atoms with E-state index in [4.69, 9.17) is 32.9 Å². The van der Waals surface area contributed by atoms with Crippen molar-refractivity contribution in [2.45, 2.75) is 42.6 Å². The summed E-state index contributed by atoms with van der Waals surface area (Å²) in [5.41, 5.74) is 2.93. The Labute approximate surface area is 270 Å².